The first-order valence-electron chi connectivity index (χ1n) is 5.52. The SMILES string of the molecule is O=C(c1cccc2ccccc12)n1cccc1. The average Bonchev–Trinajstić information content (AvgIpc) is 2.91. The summed E-state index contributed by atoms with van der Waals surface area (Å²) in [5.41, 5.74) is 0.735. The zero-order valence-electron chi connectivity index (χ0n) is 9.21. The third kappa shape index (κ3) is 1.64. The molecule has 3 rings (SSSR count). The Bertz CT molecular complexity index is 663. The Balaban J connectivity index is 2.21. The van der Waals surface area contributed by atoms with Crippen molar-refractivity contribution in [2.24, 2.45) is 0 Å². The van der Waals surface area contributed by atoms with E-state index in [1.807, 2.05) is 54.6 Å². The Labute approximate surface area is 99.1 Å². The maximum atomic E-state index is 12.3. The van der Waals surface area contributed by atoms with Crippen LogP contribution in [0.1, 0.15) is 10.4 Å². The van der Waals surface area contributed by atoms with E-state index in [9.17, 15) is 4.79 Å². The van der Waals surface area contributed by atoms with Gasteiger partial charge in [0.05, 0.1) is 0 Å². The van der Waals surface area contributed by atoms with E-state index in [0.29, 0.717) is 0 Å². The first-order chi connectivity index (χ1) is 8.36. The Morgan fingerprint density at radius 2 is 1.53 bits per heavy atom. The molecule has 0 atom stereocenters. The molecule has 0 amide bonds. The minimum Gasteiger partial charge on any atom is -0.291 e. The van der Waals surface area contributed by atoms with E-state index in [-0.39, 0.29) is 5.91 Å². The van der Waals surface area contributed by atoms with Gasteiger partial charge in [-0.1, -0.05) is 36.4 Å². The van der Waals surface area contributed by atoms with Crippen molar-refractivity contribution in [2.75, 3.05) is 0 Å². The van der Waals surface area contributed by atoms with Crippen molar-refractivity contribution < 1.29 is 4.79 Å². The highest BCUT2D eigenvalue weighted by atomic mass is 16.2. The third-order valence-electron chi connectivity index (χ3n) is 2.86. The Hall–Kier alpha value is -2.35. The lowest BCUT2D eigenvalue weighted by Gasteiger charge is -2.06. The quantitative estimate of drug-likeness (QED) is 0.617. The van der Waals surface area contributed by atoms with Gasteiger partial charge in [0.2, 0.25) is 0 Å². The summed E-state index contributed by atoms with van der Waals surface area (Å²) < 4.78 is 1.60. The first kappa shape index (κ1) is 9.85. The van der Waals surface area contributed by atoms with Crippen LogP contribution in [0.4, 0.5) is 0 Å². The van der Waals surface area contributed by atoms with Gasteiger partial charge in [0.15, 0.2) is 0 Å². The van der Waals surface area contributed by atoms with Crippen molar-refractivity contribution in [3.63, 3.8) is 0 Å². The van der Waals surface area contributed by atoms with Crippen molar-refractivity contribution >= 4 is 16.7 Å². The summed E-state index contributed by atoms with van der Waals surface area (Å²) in [6.45, 7) is 0. The lowest BCUT2D eigenvalue weighted by molar-refractivity contribution is 0.0962. The second-order valence-electron chi connectivity index (χ2n) is 3.92. The van der Waals surface area contributed by atoms with Crippen LogP contribution in [0.3, 0.4) is 0 Å². The molecule has 3 aromatic rings. The Morgan fingerprint density at radius 3 is 2.35 bits per heavy atom. The summed E-state index contributed by atoms with van der Waals surface area (Å²) in [4.78, 5) is 12.3. The maximum absolute atomic E-state index is 12.3. The molecular weight excluding hydrogens is 210 g/mol. The topological polar surface area (TPSA) is 22.0 Å². The molecular formula is C15H11NO. The van der Waals surface area contributed by atoms with Gasteiger partial charge in [0, 0.05) is 18.0 Å². The van der Waals surface area contributed by atoms with Gasteiger partial charge in [0.25, 0.3) is 5.91 Å². The summed E-state index contributed by atoms with van der Waals surface area (Å²) in [7, 11) is 0. The minimum absolute atomic E-state index is 0.00630. The molecule has 2 nitrogen and oxygen atoms in total. The van der Waals surface area contributed by atoms with Crippen LogP contribution in [-0.4, -0.2) is 10.5 Å². The van der Waals surface area contributed by atoms with Crippen LogP contribution in [-0.2, 0) is 0 Å². The van der Waals surface area contributed by atoms with Crippen molar-refractivity contribution in [3.05, 3.63) is 72.6 Å². The number of carbonyl (C=O) groups is 1. The Kier molecular flexibility index (Phi) is 2.26. The predicted octanol–water partition coefficient (Wildman–Crippen LogP) is 3.33. The number of aromatic nitrogens is 1. The summed E-state index contributed by atoms with van der Waals surface area (Å²) in [6, 6.07) is 17.4. The fourth-order valence-electron chi connectivity index (χ4n) is 2.02. The molecule has 0 aliphatic heterocycles. The molecule has 82 valence electrons. The summed E-state index contributed by atoms with van der Waals surface area (Å²) >= 11 is 0. The molecule has 0 bridgehead atoms. The summed E-state index contributed by atoms with van der Waals surface area (Å²) in [5, 5.41) is 2.08. The van der Waals surface area contributed by atoms with Gasteiger partial charge in [-0.2, -0.15) is 0 Å². The van der Waals surface area contributed by atoms with Gasteiger partial charge in [-0.05, 0) is 29.0 Å². The molecule has 0 spiro atoms. The second kappa shape index (κ2) is 3.91. The van der Waals surface area contributed by atoms with Gasteiger partial charge < -0.3 is 0 Å². The first-order valence-corrected chi connectivity index (χ1v) is 5.52. The number of fused-ring (bicyclic) bond motifs is 1. The van der Waals surface area contributed by atoms with Crippen LogP contribution in [0.25, 0.3) is 10.8 Å². The highest BCUT2D eigenvalue weighted by molar-refractivity contribution is 6.07. The van der Waals surface area contributed by atoms with Gasteiger partial charge >= 0.3 is 0 Å². The van der Waals surface area contributed by atoms with Gasteiger partial charge in [-0.3, -0.25) is 9.36 Å². The lowest BCUT2D eigenvalue weighted by Crippen LogP contribution is -2.09. The normalized spacial score (nSPS) is 10.6. The van der Waals surface area contributed by atoms with Crippen molar-refractivity contribution in [2.45, 2.75) is 0 Å². The molecule has 0 N–H and O–H groups in total. The molecule has 0 saturated carbocycles. The van der Waals surface area contributed by atoms with Gasteiger partial charge in [0.1, 0.15) is 0 Å². The molecule has 1 heterocycles. The van der Waals surface area contributed by atoms with Crippen molar-refractivity contribution in [3.8, 4) is 0 Å². The predicted molar refractivity (Wildman–Crippen MR) is 68.1 cm³/mol. The molecule has 0 aliphatic carbocycles. The molecule has 1 aromatic heterocycles. The van der Waals surface area contributed by atoms with E-state index in [0.717, 1.165) is 16.3 Å². The third-order valence-corrected chi connectivity index (χ3v) is 2.86. The average molecular weight is 221 g/mol. The van der Waals surface area contributed by atoms with Gasteiger partial charge in [-0.15, -0.1) is 0 Å². The summed E-state index contributed by atoms with van der Waals surface area (Å²) in [6.07, 6.45) is 3.54. The number of hydrogen-bond acceptors (Lipinski definition) is 1. The largest absolute Gasteiger partial charge is 0.291 e. The van der Waals surface area contributed by atoms with Crippen LogP contribution in [0, 0.1) is 0 Å². The molecule has 0 radical (unpaired) electrons. The zero-order valence-corrected chi connectivity index (χ0v) is 9.21. The van der Waals surface area contributed by atoms with E-state index in [1.54, 1.807) is 17.0 Å². The molecule has 0 fully saturated rings. The highest BCUT2D eigenvalue weighted by Gasteiger charge is 2.10. The highest BCUT2D eigenvalue weighted by Crippen LogP contribution is 2.19. The molecule has 0 saturated heterocycles. The molecule has 17 heavy (non-hydrogen) atoms. The van der Waals surface area contributed by atoms with Crippen LogP contribution in [0.15, 0.2) is 67.0 Å². The van der Waals surface area contributed by atoms with Crippen molar-refractivity contribution in [1.82, 2.24) is 4.57 Å². The summed E-state index contributed by atoms with van der Waals surface area (Å²) in [5.74, 6) is 0.00630. The monoisotopic (exact) mass is 221 g/mol. The van der Waals surface area contributed by atoms with Crippen molar-refractivity contribution in [1.29, 1.82) is 0 Å². The fourth-order valence-corrected chi connectivity index (χ4v) is 2.02. The number of benzene rings is 2. The van der Waals surface area contributed by atoms with E-state index in [2.05, 4.69) is 0 Å². The standard InChI is InChI=1S/C15H11NO/c17-15(16-10-3-4-11-16)14-9-5-7-12-6-1-2-8-13(12)14/h1-11H. The number of nitrogens with zero attached hydrogens (tertiary/aromatic N) is 1. The van der Waals surface area contributed by atoms with Crippen LogP contribution < -0.4 is 0 Å². The Morgan fingerprint density at radius 1 is 0.824 bits per heavy atom. The number of carbonyl (C=O) groups excluding carboxylic acids is 1. The van der Waals surface area contributed by atoms with E-state index in [4.69, 9.17) is 0 Å². The van der Waals surface area contributed by atoms with E-state index < -0.39 is 0 Å². The zero-order chi connectivity index (χ0) is 11.7. The number of hydrogen-bond donors (Lipinski definition) is 0. The van der Waals surface area contributed by atoms with Crippen LogP contribution in [0.2, 0.25) is 0 Å². The molecule has 2 heteroatoms. The number of rotatable bonds is 1. The molecule has 0 unspecified atom stereocenters. The smallest absolute Gasteiger partial charge is 0.262 e. The van der Waals surface area contributed by atoms with E-state index in [1.165, 1.54) is 0 Å². The molecule has 0 aliphatic rings. The fraction of sp³-hybridized carbons (Fsp3) is 0. The van der Waals surface area contributed by atoms with Gasteiger partial charge in [-0.25, -0.2) is 0 Å². The minimum atomic E-state index is 0.00630. The van der Waals surface area contributed by atoms with Crippen LogP contribution in [0.5, 0.6) is 0 Å². The van der Waals surface area contributed by atoms with Crippen LogP contribution >= 0.6 is 0 Å². The lowest BCUT2D eigenvalue weighted by atomic mass is 10.0. The van der Waals surface area contributed by atoms with E-state index >= 15 is 0 Å². The second-order valence-corrected chi connectivity index (χ2v) is 3.92. The maximum Gasteiger partial charge on any atom is 0.262 e. The molecule has 2 aromatic carbocycles.